The zero-order valence-electron chi connectivity index (χ0n) is 10.7. The van der Waals surface area contributed by atoms with Crippen LogP contribution in [0.1, 0.15) is 30.1 Å². The van der Waals surface area contributed by atoms with Crippen molar-refractivity contribution in [3.63, 3.8) is 0 Å². The molecule has 6 heteroatoms. The minimum Gasteiger partial charge on any atom is -0.435 e. The topological polar surface area (TPSA) is 35.0 Å². The van der Waals surface area contributed by atoms with Gasteiger partial charge in [0.25, 0.3) is 0 Å². The van der Waals surface area contributed by atoms with Gasteiger partial charge in [-0.15, -0.1) is 0 Å². The van der Waals surface area contributed by atoms with E-state index in [1.807, 2.05) is 0 Å². The smallest absolute Gasteiger partial charge is 0.227 e. The summed E-state index contributed by atoms with van der Waals surface area (Å²) < 4.78 is 31.9. The monoisotopic (exact) mass is 296 g/mol. The molecular weight excluding hydrogens is 286 g/mol. The van der Waals surface area contributed by atoms with Crippen molar-refractivity contribution in [2.75, 3.05) is 0 Å². The number of hydrogen-bond donors (Lipinski definition) is 0. The van der Waals surface area contributed by atoms with Gasteiger partial charge >= 0.3 is 0 Å². The molecule has 0 unspecified atom stereocenters. The second-order valence-electron chi connectivity index (χ2n) is 4.75. The molecule has 104 valence electrons. The van der Waals surface area contributed by atoms with Gasteiger partial charge in [-0.2, -0.15) is 4.98 Å². The largest absolute Gasteiger partial charge is 0.435 e. The summed E-state index contributed by atoms with van der Waals surface area (Å²) in [4.78, 5) is 8.47. The van der Waals surface area contributed by atoms with Gasteiger partial charge in [0.1, 0.15) is 16.8 Å². The first-order chi connectivity index (χ1) is 9.54. The number of benzene rings is 1. The molecule has 1 aliphatic carbocycles. The van der Waals surface area contributed by atoms with Crippen LogP contribution >= 0.6 is 11.6 Å². The van der Waals surface area contributed by atoms with Crippen molar-refractivity contribution in [3.8, 4) is 11.6 Å². The maximum atomic E-state index is 13.6. The number of aromatic nitrogens is 2. The van der Waals surface area contributed by atoms with Crippen LogP contribution in [-0.4, -0.2) is 9.97 Å². The Labute approximate surface area is 119 Å². The predicted octanol–water partition coefficient (Wildman–Crippen LogP) is 4.39. The summed E-state index contributed by atoms with van der Waals surface area (Å²) in [6.45, 7) is 1.69. The minimum atomic E-state index is -0.785. The first-order valence-corrected chi connectivity index (χ1v) is 6.59. The molecule has 0 aliphatic heterocycles. The van der Waals surface area contributed by atoms with Gasteiger partial charge in [0.15, 0.2) is 11.6 Å². The molecule has 0 atom stereocenters. The third kappa shape index (κ3) is 2.58. The van der Waals surface area contributed by atoms with Gasteiger partial charge in [-0.25, -0.2) is 13.8 Å². The van der Waals surface area contributed by atoms with E-state index in [2.05, 4.69) is 9.97 Å². The fraction of sp³-hybridized carbons (Fsp3) is 0.286. The highest BCUT2D eigenvalue weighted by molar-refractivity contribution is 6.30. The Bertz CT molecular complexity index is 674. The van der Waals surface area contributed by atoms with Crippen molar-refractivity contribution in [1.82, 2.24) is 9.97 Å². The molecule has 1 aromatic heterocycles. The molecule has 1 fully saturated rings. The van der Waals surface area contributed by atoms with Crippen LogP contribution in [0.4, 0.5) is 8.78 Å². The lowest BCUT2D eigenvalue weighted by Crippen LogP contribution is -2.01. The molecule has 0 saturated heterocycles. The summed E-state index contributed by atoms with van der Waals surface area (Å²) in [6, 6.07) is 3.10. The molecule has 1 aliphatic rings. The number of nitrogens with zero attached hydrogens (tertiary/aromatic N) is 2. The van der Waals surface area contributed by atoms with Gasteiger partial charge in [-0.1, -0.05) is 11.6 Å². The van der Waals surface area contributed by atoms with Crippen molar-refractivity contribution < 1.29 is 13.5 Å². The Morgan fingerprint density at radius 2 is 2.00 bits per heavy atom. The second kappa shape index (κ2) is 4.98. The average Bonchev–Trinajstić information content (AvgIpc) is 3.22. The molecule has 3 rings (SSSR count). The van der Waals surface area contributed by atoms with E-state index in [4.69, 9.17) is 16.3 Å². The van der Waals surface area contributed by atoms with Crippen LogP contribution < -0.4 is 4.74 Å². The summed E-state index contributed by atoms with van der Waals surface area (Å²) in [6.07, 6.45) is 2.04. The standard InChI is InChI=1S/C14H11ClF2N2O/c1-7-12(15)18-13(8-2-3-8)19-14(7)20-11-5-4-9(16)6-10(11)17/h4-6,8H,2-3H2,1H3. The molecule has 0 bridgehead atoms. The summed E-state index contributed by atoms with van der Waals surface area (Å²) >= 11 is 6.04. The van der Waals surface area contributed by atoms with E-state index in [9.17, 15) is 8.78 Å². The highest BCUT2D eigenvalue weighted by Gasteiger charge is 2.28. The van der Waals surface area contributed by atoms with Crippen molar-refractivity contribution in [3.05, 3.63) is 46.4 Å². The zero-order valence-corrected chi connectivity index (χ0v) is 11.4. The Balaban J connectivity index is 1.97. The summed E-state index contributed by atoms with van der Waals surface area (Å²) in [7, 11) is 0. The Hall–Kier alpha value is -1.75. The SMILES string of the molecule is Cc1c(Cl)nc(C2CC2)nc1Oc1ccc(F)cc1F. The van der Waals surface area contributed by atoms with E-state index in [-0.39, 0.29) is 11.6 Å². The first-order valence-electron chi connectivity index (χ1n) is 6.21. The molecular formula is C14H11ClF2N2O. The maximum absolute atomic E-state index is 13.6. The Morgan fingerprint density at radius 3 is 2.65 bits per heavy atom. The van der Waals surface area contributed by atoms with Crippen LogP contribution in [0, 0.1) is 18.6 Å². The second-order valence-corrected chi connectivity index (χ2v) is 5.11. The summed E-state index contributed by atoms with van der Waals surface area (Å²) in [5.74, 6) is -0.423. The number of rotatable bonds is 3. The maximum Gasteiger partial charge on any atom is 0.227 e. The van der Waals surface area contributed by atoms with Crippen molar-refractivity contribution in [2.24, 2.45) is 0 Å². The van der Waals surface area contributed by atoms with E-state index in [0.717, 1.165) is 25.0 Å². The quantitative estimate of drug-likeness (QED) is 0.788. The highest BCUT2D eigenvalue weighted by atomic mass is 35.5. The van der Waals surface area contributed by atoms with Gasteiger partial charge in [0.2, 0.25) is 5.88 Å². The van der Waals surface area contributed by atoms with Crippen LogP contribution in [0.5, 0.6) is 11.6 Å². The average molecular weight is 297 g/mol. The molecule has 2 aromatic rings. The highest BCUT2D eigenvalue weighted by Crippen LogP contribution is 2.40. The van der Waals surface area contributed by atoms with E-state index in [1.165, 1.54) is 6.07 Å². The van der Waals surface area contributed by atoms with Crippen LogP contribution in [0.15, 0.2) is 18.2 Å². The van der Waals surface area contributed by atoms with Gasteiger partial charge in [-0.05, 0) is 31.9 Å². The fourth-order valence-corrected chi connectivity index (χ4v) is 1.94. The van der Waals surface area contributed by atoms with Gasteiger partial charge in [0.05, 0.1) is 0 Å². The first kappa shape index (κ1) is 13.2. The van der Waals surface area contributed by atoms with Gasteiger partial charge < -0.3 is 4.74 Å². The lowest BCUT2D eigenvalue weighted by Gasteiger charge is -2.10. The molecule has 1 saturated carbocycles. The van der Waals surface area contributed by atoms with Crippen LogP contribution in [0.2, 0.25) is 5.15 Å². The number of ether oxygens (including phenoxy) is 1. The molecule has 1 heterocycles. The van der Waals surface area contributed by atoms with Crippen molar-refractivity contribution >= 4 is 11.6 Å². The predicted molar refractivity (Wildman–Crippen MR) is 70.2 cm³/mol. The van der Waals surface area contributed by atoms with Gasteiger partial charge in [-0.3, -0.25) is 0 Å². The van der Waals surface area contributed by atoms with E-state index in [1.54, 1.807) is 6.92 Å². The third-order valence-corrected chi connectivity index (χ3v) is 3.47. The van der Waals surface area contributed by atoms with Crippen LogP contribution in [-0.2, 0) is 0 Å². The number of hydrogen-bond acceptors (Lipinski definition) is 3. The van der Waals surface area contributed by atoms with Crippen molar-refractivity contribution in [2.45, 2.75) is 25.7 Å². The molecule has 0 amide bonds. The van der Waals surface area contributed by atoms with Crippen LogP contribution in [0.3, 0.4) is 0 Å². The van der Waals surface area contributed by atoms with Gasteiger partial charge in [0, 0.05) is 17.5 Å². The van der Waals surface area contributed by atoms with E-state index >= 15 is 0 Å². The lowest BCUT2D eigenvalue weighted by molar-refractivity contribution is 0.418. The van der Waals surface area contributed by atoms with E-state index < -0.39 is 11.6 Å². The third-order valence-electron chi connectivity index (χ3n) is 3.10. The Morgan fingerprint density at radius 1 is 1.25 bits per heavy atom. The lowest BCUT2D eigenvalue weighted by atomic mass is 10.3. The molecule has 1 aromatic carbocycles. The summed E-state index contributed by atoms with van der Waals surface area (Å²) in [5, 5.41) is 0.291. The van der Waals surface area contributed by atoms with Crippen LogP contribution in [0.25, 0.3) is 0 Å². The Kier molecular flexibility index (Phi) is 3.30. The molecule has 0 N–H and O–H groups in total. The normalized spacial score (nSPS) is 14.4. The molecule has 3 nitrogen and oxygen atoms in total. The van der Waals surface area contributed by atoms with Crippen molar-refractivity contribution in [1.29, 1.82) is 0 Å². The zero-order chi connectivity index (χ0) is 14.3. The molecule has 0 radical (unpaired) electrons. The fourth-order valence-electron chi connectivity index (χ4n) is 1.77. The number of halogens is 3. The molecule has 20 heavy (non-hydrogen) atoms. The summed E-state index contributed by atoms with van der Waals surface area (Å²) in [5.41, 5.74) is 0.528. The minimum absolute atomic E-state index is 0.0917. The van der Waals surface area contributed by atoms with E-state index in [0.29, 0.717) is 22.5 Å². The molecule has 0 spiro atoms.